The van der Waals surface area contributed by atoms with E-state index in [4.69, 9.17) is 4.74 Å². The van der Waals surface area contributed by atoms with Gasteiger partial charge in [-0.1, -0.05) is 25.1 Å². The monoisotopic (exact) mass is 389 g/mol. The number of pyridine rings is 1. The van der Waals surface area contributed by atoms with Gasteiger partial charge in [0.25, 0.3) is 0 Å². The van der Waals surface area contributed by atoms with Gasteiger partial charge in [-0.2, -0.15) is 0 Å². The van der Waals surface area contributed by atoms with Gasteiger partial charge in [-0.25, -0.2) is 4.79 Å². The second-order valence-electron chi connectivity index (χ2n) is 9.11. The standard InChI is InChI=1S/C24H27N3O2/c1-5-14-12-25-13-18-16(14)10-21-22-17(15-8-6-7-9-19(15)26-22)11-20(18)27(21)23(28)29-24(2,3)4/h6-9,12-13,20-21,26H,5,10-11H2,1-4H3/t20-,21-/m0/s1. The van der Waals surface area contributed by atoms with Gasteiger partial charge in [-0.3, -0.25) is 9.88 Å². The van der Waals surface area contributed by atoms with Crippen molar-refractivity contribution >= 4 is 17.0 Å². The molecule has 2 aromatic heterocycles. The molecule has 0 radical (unpaired) electrons. The van der Waals surface area contributed by atoms with Crippen LogP contribution in [0, 0.1) is 0 Å². The van der Waals surface area contributed by atoms with E-state index in [-0.39, 0.29) is 18.2 Å². The molecule has 2 bridgehead atoms. The molecule has 3 aromatic rings. The summed E-state index contributed by atoms with van der Waals surface area (Å²) in [6.45, 7) is 7.93. The van der Waals surface area contributed by atoms with Crippen LogP contribution in [0.2, 0.25) is 0 Å². The van der Waals surface area contributed by atoms with Crippen LogP contribution in [-0.4, -0.2) is 26.6 Å². The summed E-state index contributed by atoms with van der Waals surface area (Å²) in [5.74, 6) is 0. The van der Waals surface area contributed by atoms with E-state index in [1.807, 2.05) is 38.1 Å². The van der Waals surface area contributed by atoms with Gasteiger partial charge in [0.15, 0.2) is 0 Å². The molecule has 2 atom stereocenters. The van der Waals surface area contributed by atoms with Gasteiger partial charge in [0.1, 0.15) is 5.60 Å². The summed E-state index contributed by atoms with van der Waals surface area (Å²) in [5, 5.41) is 1.25. The number of rotatable bonds is 1. The molecule has 1 N–H and O–H groups in total. The highest BCUT2D eigenvalue weighted by molar-refractivity contribution is 5.86. The van der Waals surface area contributed by atoms with Crippen molar-refractivity contribution in [1.29, 1.82) is 0 Å². The Hall–Kier alpha value is -2.82. The molecule has 0 fully saturated rings. The average molecular weight is 389 g/mol. The maximum absolute atomic E-state index is 13.3. The summed E-state index contributed by atoms with van der Waals surface area (Å²) >= 11 is 0. The number of aromatic nitrogens is 2. The maximum Gasteiger partial charge on any atom is 0.411 e. The second-order valence-corrected chi connectivity index (χ2v) is 9.11. The Bertz CT molecular complexity index is 1110. The number of aromatic amines is 1. The second kappa shape index (κ2) is 6.34. The molecular formula is C24H27N3O2. The van der Waals surface area contributed by atoms with Crippen LogP contribution in [0.25, 0.3) is 10.9 Å². The minimum atomic E-state index is -0.529. The molecule has 0 spiro atoms. The predicted molar refractivity (Wildman–Crippen MR) is 113 cm³/mol. The SMILES string of the molecule is CCc1cncc2c1C[C@H]1c3[nH]c4ccccc4c3C[C@@H]2N1C(=O)OC(C)(C)C. The Morgan fingerprint density at radius 3 is 2.69 bits per heavy atom. The molecule has 0 unspecified atom stereocenters. The maximum atomic E-state index is 13.3. The average Bonchev–Trinajstić information content (AvgIpc) is 3.04. The van der Waals surface area contributed by atoms with Gasteiger partial charge in [-0.05, 0) is 68.4 Å². The van der Waals surface area contributed by atoms with Crippen molar-refractivity contribution in [2.45, 2.75) is 64.6 Å². The van der Waals surface area contributed by atoms with Crippen LogP contribution in [0.15, 0.2) is 36.7 Å². The van der Waals surface area contributed by atoms with Crippen LogP contribution >= 0.6 is 0 Å². The quantitative estimate of drug-likeness (QED) is 0.618. The molecule has 1 aromatic carbocycles. The first kappa shape index (κ1) is 18.2. The third-order valence-corrected chi connectivity index (χ3v) is 6.17. The highest BCUT2D eigenvalue weighted by Gasteiger charge is 2.46. The Labute approximate surface area is 171 Å². The zero-order valence-electron chi connectivity index (χ0n) is 17.5. The van der Waals surface area contributed by atoms with Gasteiger partial charge in [0, 0.05) is 29.0 Å². The number of hydrogen-bond acceptors (Lipinski definition) is 3. The van der Waals surface area contributed by atoms with Crippen molar-refractivity contribution in [3.05, 3.63) is 64.6 Å². The third kappa shape index (κ3) is 2.83. The topological polar surface area (TPSA) is 58.2 Å². The number of H-pyrrole nitrogens is 1. The Balaban J connectivity index is 1.69. The smallest absolute Gasteiger partial charge is 0.411 e. The first-order valence-corrected chi connectivity index (χ1v) is 10.4. The molecule has 0 aliphatic carbocycles. The normalized spacial score (nSPS) is 20.3. The lowest BCUT2D eigenvalue weighted by Crippen LogP contribution is -2.48. The van der Waals surface area contributed by atoms with Crippen molar-refractivity contribution < 1.29 is 9.53 Å². The number of carbonyl (C=O) groups excluding carboxylic acids is 1. The number of para-hydroxylation sites is 1. The van der Waals surface area contributed by atoms with Gasteiger partial charge in [0.05, 0.1) is 12.1 Å². The molecule has 1 amide bonds. The number of carbonyl (C=O) groups is 1. The van der Waals surface area contributed by atoms with Crippen molar-refractivity contribution in [1.82, 2.24) is 14.9 Å². The lowest BCUT2D eigenvalue weighted by atomic mass is 9.78. The molecular weight excluding hydrogens is 362 g/mol. The fourth-order valence-corrected chi connectivity index (χ4v) is 4.99. The number of hydrogen-bond donors (Lipinski definition) is 1. The number of benzene rings is 1. The minimum absolute atomic E-state index is 0.0498. The van der Waals surface area contributed by atoms with E-state index in [9.17, 15) is 4.79 Å². The highest BCUT2D eigenvalue weighted by atomic mass is 16.6. The van der Waals surface area contributed by atoms with Crippen LogP contribution < -0.4 is 0 Å². The molecule has 2 aliphatic rings. The van der Waals surface area contributed by atoms with Crippen molar-refractivity contribution in [2.75, 3.05) is 0 Å². The fourth-order valence-electron chi connectivity index (χ4n) is 4.99. The largest absolute Gasteiger partial charge is 0.444 e. The summed E-state index contributed by atoms with van der Waals surface area (Å²) in [5.41, 5.74) is 6.87. The number of ether oxygens (including phenoxy) is 1. The van der Waals surface area contributed by atoms with Crippen LogP contribution in [-0.2, 0) is 24.0 Å². The predicted octanol–water partition coefficient (Wildman–Crippen LogP) is 5.26. The van der Waals surface area contributed by atoms with Gasteiger partial charge in [-0.15, -0.1) is 0 Å². The van der Waals surface area contributed by atoms with E-state index in [0.717, 1.165) is 30.5 Å². The Morgan fingerprint density at radius 1 is 1.17 bits per heavy atom. The number of amides is 1. The Kier molecular flexibility index (Phi) is 3.99. The summed E-state index contributed by atoms with van der Waals surface area (Å²) in [6, 6.07) is 8.32. The molecule has 29 heavy (non-hydrogen) atoms. The molecule has 0 saturated heterocycles. The number of fused-ring (bicyclic) bond motifs is 8. The molecule has 2 aliphatic heterocycles. The molecule has 5 rings (SSSR count). The highest BCUT2D eigenvalue weighted by Crippen LogP contribution is 2.49. The van der Waals surface area contributed by atoms with Crippen LogP contribution in [0.3, 0.4) is 0 Å². The van der Waals surface area contributed by atoms with Crippen LogP contribution in [0.5, 0.6) is 0 Å². The summed E-state index contributed by atoms with van der Waals surface area (Å²) < 4.78 is 5.83. The zero-order chi connectivity index (χ0) is 20.3. The number of aryl methyl sites for hydroxylation is 1. The zero-order valence-corrected chi connectivity index (χ0v) is 17.5. The van der Waals surface area contributed by atoms with Crippen molar-refractivity contribution in [3.63, 3.8) is 0 Å². The van der Waals surface area contributed by atoms with Gasteiger partial charge >= 0.3 is 6.09 Å². The van der Waals surface area contributed by atoms with E-state index in [2.05, 4.69) is 41.2 Å². The molecule has 150 valence electrons. The van der Waals surface area contributed by atoms with E-state index >= 15 is 0 Å². The van der Waals surface area contributed by atoms with E-state index < -0.39 is 5.60 Å². The van der Waals surface area contributed by atoms with E-state index in [1.165, 1.54) is 27.6 Å². The van der Waals surface area contributed by atoms with Crippen LogP contribution in [0.1, 0.15) is 67.7 Å². The van der Waals surface area contributed by atoms with Crippen LogP contribution in [0.4, 0.5) is 4.79 Å². The number of nitrogens with zero attached hydrogens (tertiary/aromatic N) is 2. The first-order chi connectivity index (χ1) is 13.9. The lowest BCUT2D eigenvalue weighted by molar-refractivity contribution is -0.00285. The molecule has 4 heterocycles. The summed E-state index contributed by atoms with van der Waals surface area (Å²) in [4.78, 5) is 23.4. The molecule has 5 nitrogen and oxygen atoms in total. The summed E-state index contributed by atoms with van der Waals surface area (Å²) in [6.07, 6.45) is 6.19. The molecule has 0 saturated carbocycles. The Morgan fingerprint density at radius 2 is 1.93 bits per heavy atom. The van der Waals surface area contributed by atoms with Gasteiger partial charge < -0.3 is 9.72 Å². The van der Waals surface area contributed by atoms with Crippen molar-refractivity contribution in [3.8, 4) is 0 Å². The summed E-state index contributed by atoms with van der Waals surface area (Å²) in [7, 11) is 0. The van der Waals surface area contributed by atoms with Crippen molar-refractivity contribution in [2.24, 2.45) is 0 Å². The minimum Gasteiger partial charge on any atom is -0.444 e. The third-order valence-electron chi connectivity index (χ3n) is 6.17. The van der Waals surface area contributed by atoms with E-state index in [1.54, 1.807) is 0 Å². The number of nitrogens with one attached hydrogen (secondary N) is 1. The lowest BCUT2D eigenvalue weighted by Gasteiger charge is -2.47. The fraction of sp³-hybridized carbons (Fsp3) is 0.417. The molecule has 5 heteroatoms. The first-order valence-electron chi connectivity index (χ1n) is 10.4. The van der Waals surface area contributed by atoms with E-state index in [0.29, 0.717) is 0 Å². The van der Waals surface area contributed by atoms with Gasteiger partial charge in [0.2, 0.25) is 0 Å².